The van der Waals surface area contributed by atoms with Crippen molar-refractivity contribution in [1.82, 2.24) is 10.4 Å². The molecule has 0 aliphatic carbocycles. The molecule has 0 heterocycles. The molecule has 0 bridgehead atoms. The Kier molecular flexibility index (Phi) is 6.76. The van der Waals surface area contributed by atoms with Crippen LogP contribution >= 0.6 is 7.37 Å². The molecule has 15 heavy (non-hydrogen) atoms. The van der Waals surface area contributed by atoms with Gasteiger partial charge in [0.25, 0.3) is 0 Å². The van der Waals surface area contributed by atoms with Crippen LogP contribution in [0.25, 0.3) is 0 Å². The van der Waals surface area contributed by atoms with E-state index < -0.39 is 13.2 Å². The lowest BCUT2D eigenvalue weighted by Gasteiger charge is -2.22. The molecule has 2 unspecified atom stereocenters. The van der Waals surface area contributed by atoms with E-state index in [0.29, 0.717) is 11.5 Å². The van der Waals surface area contributed by atoms with Gasteiger partial charge in [-0.1, -0.05) is 19.8 Å². The molecule has 3 N–H and O–H groups in total. The molecule has 0 aromatic carbocycles. The van der Waals surface area contributed by atoms with E-state index in [2.05, 4.69) is 5.32 Å². The molecule has 0 spiro atoms. The van der Waals surface area contributed by atoms with Crippen LogP contribution in [0.5, 0.6) is 0 Å². The summed E-state index contributed by atoms with van der Waals surface area (Å²) in [6, 6.07) is 0. The van der Waals surface area contributed by atoms with Crippen molar-refractivity contribution in [3.8, 4) is 0 Å². The summed E-state index contributed by atoms with van der Waals surface area (Å²) < 4.78 is 11.4. The molecule has 2 atom stereocenters. The minimum Gasteiger partial charge on any atom is -0.343 e. The van der Waals surface area contributed by atoms with Crippen LogP contribution in [0.2, 0.25) is 0 Å². The molecule has 0 fully saturated rings. The third kappa shape index (κ3) is 6.62. The zero-order valence-electron chi connectivity index (χ0n) is 9.09. The topological polar surface area (TPSA) is 89.9 Å². The van der Waals surface area contributed by atoms with Crippen LogP contribution in [0.15, 0.2) is 0 Å². The summed E-state index contributed by atoms with van der Waals surface area (Å²) in [6.07, 6.45) is 2.53. The summed E-state index contributed by atoms with van der Waals surface area (Å²) in [7, 11) is -3.24. The molecule has 6 nitrogen and oxygen atoms in total. The third-order valence-corrected chi connectivity index (χ3v) is 3.62. The lowest BCUT2D eigenvalue weighted by molar-refractivity contribution is -0.151. The Morgan fingerprint density at radius 2 is 2.20 bits per heavy atom. The van der Waals surface area contributed by atoms with Gasteiger partial charge in [-0.15, -0.1) is 0 Å². The smallest absolute Gasteiger partial charge is 0.234 e. The molecule has 0 aromatic rings. The normalized spacial score (nSPS) is 16.8. The number of hydroxylamine groups is 2. The van der Waals surface area contributed by atoms with E-state index in [4.69, 9.17) is 5.21 Å². The first-order valence-corrected chi connectivity index (χ1v) is 7.03. The Bertz CT molecular complexity index is 231. The van der Waals surface area contributed by atoms with Crippen molar-refractivity contribution in [2.24, 2.45) is 0 Å². The van der Waals surface area contributed by atoms with Crippen molar-refractivity contribution in [1.29, 1.82) is 0 Å². The lowest BCUT2D eigenvalue weighted by Crippen LogP contribution is -2.37. The first kappa shape index (κ1) is 14.6. The lowest BCUT2D eigenvalue weighted by atomic mass is 10.2. The van der Waals surface area contributed by atoms with Crippen molar-refractivity contribution in [2.45, 2.75) is 32.0 Å². The fourth-order valence-corrected chi connectivity index (χ4v) is 2.23. The minimum absolute atomic E-state index is 0.143. The molecule has 0 aliphatic rings. The molecule has 90 valence electrons. The van der Waals surface area contributed by atoms with Gasteiger partial charge in [-0.05, 0) is 6.42 Å². The molecule has 1 amide bonds. The zero-order valence-corrected chi connectivity index (χ0v) is 9.98. The van der Waals surface area contributed by atoms with E-state index >= 15 is 0 Å². The van der Waals surface area contributed by atoms with Crippen molar-refractivity contribution in [3.63, 3.8) is 0 Å². The van der Waals surface area contributed by atoms with Gasteiger partial charge >= 0.3 is 0 Å². The highest BCUT2D eigenvalue weighted by Gasteiger charge is 2.24. The van der Waals surface area contributed by atoms with Crippen molar-refractivity contribution in [3.05, 3.63) is 0 Å². The van der Waals surface area contributed by atoms with Gasteiger partial charge in [0.05, 0.1) is 12.5 Å². The highest BCUT2D eigenvalue weighted by Crippen LogP contribution is 2.42. The summed E-state index contributed by atoms with van der Waals surface area (Å²) in [5, 5.41) is 11.9. The van der Waals surface area contributed by atoms with E-state index in [9.17, 15) is 14.3 Å². The maximum absolute atomic E-state index is 11.4. The maximum Gasteiger partial charge on any atom is 0.234 e. The average Bonchev–Trinajstić information content (AvgIpc) is 2.15. The van der Waals surface area contributed by atoms with Gasteiger partial charge in [0.1, 0.15) is 0 Å². The standard InChI is InChI=1S/C8H19N2O4P/c1-3-4-5-8(15(2,13)14)9-6-10(12)7-11/h7-9,12H,3-6H2,1-2H3,(H,13,14). The summed E-state index contributed by atoms with van der Waals surface area (Å²) in [4.78, 5) is 19.5. The average molecular weight is 238 g/mol. The maximum atomic E-state index is 11.4. The Morgan fingerprint density at radius 3 is 2.60 bits per heavy atom. The highest BCUT2D eigenvalue weighted by atomic mass is 31.2. The van der Waals surface area contributed by atoms with Gasteiger partial charge in [0.2, 0.25) is 13.8 Å². The molecule has 0 aromatic heterocycles. The molecular formula is C8H19N2O4P. The van der Waals surface area contributed by atoms with Crippen LogP contribution in [-0.2, 0) is 9.36 Å². The summed E-state index contributed by atoms with van der Waals surface area (Å²) in [5.74, 6) is -0.577. The van der Waals surface area contributed by atoms with Crippen molar-refractivity contribution < 1.29 is 19.5 Å². The quantitative estimate of drug-likeness (QED) is 0.191. The summed E-state index contributed by atoms with van der Waals surface area (Å²) >= 11 is 0. The van der Waals surface area contributed by atoms with Gasteiger partial charge in [-0.25, -0.2) is 5.06 Å². The van der Waals surface area contributed by atoms with Gasteiger partial charge in [-0.3, -0.25) is 19.9 Å². The monoisotopic (exact) mass is 238 g/mol. The van der Waals surface area contributed by atoms with Gasteiger partial charge in [0.15, 0.2) is 0 Å². The number of carbonyl (C=O) groups is 1. The number of rotatable bonds is 8. The number of unbranched alkanes of at least 4 members (excludes halogenated alkanes) is 1. The fourth-order valence-electron chi connectivity index (χ4n) is 1.14. The number of nitrogens with one attached hydrogen (secondary N) is 1. The zero-order chi connectivity index (χ0) is 11.9. The second kappa shape index (κ2) is 6.95. The predicted molar refractivity (Wildman–Crippen MR) is 56.8 cm³/mol. The Hall–Kier alpha value is -0.420. The Morgan fingerprint density at radius 1 is 1.60 bits per heavy atom. The summed E-state index contributed by atoms with van der Waals surface area (Å²) in [5.41, 5.74) is 0. The predicted octanol–water partition coefficient (Wildman–Crippen LogP) is 0.798. The van der Waals surface area contributed by atoms with Gasteiger partial charge in [-0.2, -0.15) is 0 Å². The third-order valence-electron chi connectivity index (χ3n) is 2.02. The van der Waals surface area contributed by atoms with E-state index in [1.165, 1.54) is 6.66 Å². The van der Waals surface area contributed by atoms with Crippen LogP contribution in [0, 0.1) is 0 Å². The SMILES string of the molecule is CCCCC(NCN(O)C=O)P(C)(=O)O. The molecule has 0 saturated carbocycles. The molecule has 0 aliphatic heterocycles. The van der Waals surface area contributed by atoms with E-state index in [0.717, 1.165) is 12.8 Å². The first-order chi connectivity index (χ1) is 6.91. The van der Waals surface area contributed by atoms with Crippen molar-refractivity contribution in [2.75, 3.05) is 13.3 Å². The molecule has 7 heteroatoms. The number of carbonyl (C=O) groups excluding carboxylic acids is 1. The second-order valence-electron chi connectivity index (χ2n) is 3.51. The summed E-state index contributed by atoms with van der Waals surface area (Å²) in [6.45, 7) is 3.11. The largest absolute Gasteiger partial charge is 0.343 e. The van der Waals surface area contributed by atoms with Gasteiger partial charge < -0.3 is 4.89 Å². The second-order valence-corrected chi connectivity index (χ2v) is 6.02. The highest BCUT2D eigenvalue weighted by molar-refractivity contribution is 7.57. The number of hydrogen-bond donors (Lipinski definition) is 3. The van der Waals surface area contributed by atoms with Gasteiger partial charge in [0, 0.05) is 6.66 Å². The van der Waals surface area contributed by atoms with E-state index in [1.807, 2.05) is 6.92 Å². The number of nitrogens with zero attached hydrogens (tertiary/aromatic N) is 1. The number of hydrogen-bond acceptors (Lipinski definition) is 4. The van der Waals surface area contributed by atoms with Crippen LogP contribution < -0.4 is 5.32 Å². The van der Waals surface area contributed by atoms with Crippen LogP contribution in [0.4, 0.5) is 0 Å². The number of amides is 1. The van der Waals surface area contributed by atoms with Crippen LogP contribution in [0.1, 0.15) is 26.2 Å². The van der Waals surface area contributed by atoms with E-state index in [1.54, 1.807) is 0 Å². The van der Waals surface area contributed by atoms with E-state index in [-0.39, 0.29) is 13.1 Å². The Balaban J connectivity index is 4.13. The first-order valence-electron chi connectivity index (χ1n) is 4.86. The van der Waals surface area contributed by atoms with Crippen LogP contribution in [-0.4, -0.2) is 40.7 Å². The Labute approximate surface area is 89.7 Å². The fraction of sp³-hybridized carbons (Fsp3) is 0.875. The molecular weight excluding hydrogens is 219 g/mol. The molecule has 0 saturated heterocycles. The minimum atomic E-state index is -3.24. The molecule has 0 radical (unpaired) electrons. The van der Waals surface area contributed by atoms with Crippen LogP contribution in [0.3, 0.4) is 0 Å². The van der Waals surface area contributed by atoms with Crippen molar-refractivity contribution >= 4 is 13.8 Å². The molecule has 0 rings (SSSR count).